The minimum absolute atomic E-state index is 0.0505. The molecule has 9 rings (SSSR count). The fraction of sp³-hybridized carbons (Fsp3) is 0.472. The molecule has 4 saturated carbocycles. The van der Waals surface area contributed by atoms with Crippen LogP contribution in [-0.4, -0.2) is 58.9 Å². The van der Waals surface area contributed by atoms with E-state index >= 15 is 0 Å². The van der Waals surface area contributed by atoms with E-state index in [-0.39, 0.29) is 11.0 Å². The third kappa shape index (κ3) is 5.61. The highest BCUT2D eigenvalue weighted by molar-refractivity contribution is 6.38. The zero-order valence-corrected chi connectivity index (χ0v) is 27.1. The van der Waals surface area contributed by atoms with Crippen molar-refractivity contribution < 1.29 is 9.26 Å². The van der Waals surface area contributed by atoms with Gasteiger partial charge in [0.1, 0.15) is 17.3 Å². The van der Waals surface area contributed by atoms with Gasteiger partial charge in [0.25, 0.3) is 0 Å². The van der Waals surface area contributed by atoms with Crippen molar-refractivity contribution in [1.29, 1.82) is 0 Å². The average molecular weight is 643 g/mol. The van der Waals surface area contributed by atoms with Crippen LogP contribution in [0.4, 0.5) is 5.82 Å². The number of hydrogen-bond donors (Lipinski definition) is 0. The van der Waals surface area contributed by atoms with E-state index in [1.807, 2.05) is 6.20 Å². The van der Waals surface area contributed by atoms with E-state index in [0.29, 0.717) is 33.8 Å². The second-order valence-electron chi connectivity index (χ2n) is 13.5. The first-order valence-electron chi connectivity index (χ1n) is 16.2. The summed E-state index contributed by atoms with van der Waals surface area (Å²) in [6.45, 7) is 4.55. The molecule has 1 saturated heterocycles. The van der Waals surface area contributed by atoms with Crippen molar-refractivity contribution in [1.82, 2.24) is 20.0 Å². The van der Waals surface area contributed by atoms with Crippen LogP contribution in [0.2, 0.25) is 10.0 Å². The number of benzene rings is 1. The van der Waals surface area contributed by atoms with Gasteiger partial charge in [0, 0.05) is 78.2 Å². The van der Waals surface area contributed by atoms with Crippen molar-refractivity contribution in [2.75, 3.05) is 38.1 Å². The summed E-state index contributed by atoms with van der Waals surface area (Å²) >= 11 is 13.1. The molecule has 0 N–H and O–H groups in total. The zero-order valence-electron chi connectivity index (χ0n) is 25.6. The molecule has 4 aromatic rings. The highest BCUT2D eigenvalue weighted by Crippen LogP contribution is 2.54. The lowest BCUT2D eigenvalue weighted by molar-refractivity contribution is -0.131. The number of rotatable bonds is 6. The summed E-state index contributed by atoms with van der Waals surface area (Å²) in [7, 11) is 2.18. The topological polar surface area (TPSA) is 67.5 Å². The molecule has 4 aliphatic carbocycles. The van der Waals surface area contributed by atoms with Crippen molar-refractivity contribution in [2.45, 2.75) is 69.5 Å². The van der Waals surface area contributed by atoms with E-state index in [0.717, 1.165) is 100 Å². The number of halogens is 2. The zero-order chi connectivity index (χ0) is 30.6. The number of ether oxygens (including phenoxy) is 1. The molecular weight excluding hydrogens is 605 g/mol. The highest BCUT2D eigenvalue weighted by Gasteiger charge is 2.49. The number of nitrogens with zero attached hydrogens (tertiary/aromatic N) is 5. The molecule has 232 valence electrons. The normalized spacial score (nSPS) is 25.0. The Balaban J connectivity index is 0.983. The van der Waals surface area contributed by atoms with Crippen LogP contribution in [0.15, 0.2) is 47.4 Å². The van der Waals surface area contributed by atoms with Gasteiger partial charge in [-0.15, -0.1) is 0 Å². The van der Waals surface area contributed by atoms with Crippen molar-refractivity contribution in [3.05, 3.63) is 69.8 Å². The Labute approximate surface area is 274 Å². The number of pyridine rings is 2. The molecule has 45 heavy (non-hydrogen) atoms. The average Bonchev–Trinajstić information content (AvgIpc) is 3.83. The standard InChI is InChI=1S/C36H37Cl2N5O2/c1-42-16-18-43(19-17-42)34-27-20-24(2-3-25(27)7-15-40-34)6-8-35-9-12-36(13-10-35,14-11-35)44-23-28-32(41-45-33(28)26-4-5-26)31-29(37)21-39-22-30(31)38/h2-3,7,15,20-22,26H,4-5,9-14,16-19,23H2,1H3. The van der Waals surface area contributed by atoms with Gasteiger partial charge in [0.05, 0.1) is 22.3 Å². The second-order valence-corrected chi connectivity index (χ2v) is 14.3. The molecule has 0 unspecified atom stereocenters. The van der Waals surface area contributed by atoms with Gasteiger partial charge >= 0.3 is 0 Å². The number of anilines is 1. The molecule has 0 amide bonds. The summed E-state index contributed by atoms with van der Waals surface area (Å²) < 4.78 is 12.7. The maximum Gasteiger partial charge on any atom is 0.145 e. The first-order chi connectivity index (χ1) is 21.9. The van der Waals surface area contributed by atoms with Crippen LogP contribution in [0.25, 0.3) is 22.0 Å². The maximum atomic E-state index is 6.83. The summed E-state index contributed by atoms with van der Waals surface area (Å²) in [5.74, 6) is 9.75. The van der Waals surface area contributed by atoms with E-state index in [9.17, 15) is 0 Å². The van der Waals surface area contributed by atoms with Crippen molar-refractivity contribution in [2.24, 2.45) is 5.41 Å². The molecule has 0 spiro atoms. The van der Waals surface area contributed by atoms with Gasteiger partial charge in [-0.2, -0.15) is 0 Å². The lowest BCUT2D eigenvalue weighted by Crippen LogP contribution is -2.47. The largest absolute Gasteiger partial charge is 0.370 e. The van der Waals surface area contributed by atoms with E-state index < -0.39 is 0 Å². The van der Waals surface area contributed by atoms with Crippen molar-refractivity contribution in [3.63, 3.8) is 0 Å². The van der Waals surface area contributed by atoms with Crippen LogP contribution in [0.5, 0.6) is 0 Å². The number of fused-ring (bicyclic) bond motifs is 4. The van der Waals surface area contributed by atoms with Gasteiger partial charge in [-0.25, -0.2) is 4.98 Å². The number of piperazine rings is 1. The van der Waals surface area contributed by atoms with Crippen molar-refractivity contribution >= 4 is 39.8 Å². The fourth-order valence-electron chi connectivity index (χ4n) is 7.45. The van der Waals surface area contributed by atoms with E-state index in [1.165, 1.54) is 10.8 Å². The first kappa shape index (κ1) is 29.3. The summed E-state index contributed by atoms with van der Waals surface area (Å²) in [4.78, 5) is 13.7. The Morgan fingerprint density at radius 3 is 2.42 bits per heavy atom. The third-order valence-electron chi connectivity index (χ3n) is 10.6. The lowest BCUT2D eigenvalue weighted by atomic mass is 9.59. The smallest absolute Gasteiger partial charge is 0.145 e. The van der Waals surface area contributed by atoms with E-state index in [4.69, 9.17) is 37.4 Å². The van der Waals surface area contributed by atoms with Crippen molar-refractivity contribution in [3.8, 4) is 23.1 Å². The van der Waals surface area contributed by atoms with Gasteiger partial charge in [0.15, 0.2) is 0 Å². The van der Waals surface area contributed by atoms with Crippen LogP contribution in [0.1, 0.15) is 74.2 Å². The predicted octanol–water partition coefficient (Wildman–Crippen LogP) is 7.88. The van der Waals surface area contributed by atoms with Crippen LogP contribution < -0.4 is 4.90 Å². The quantitative estimate of drug-likeness (QED) is 0.198. The fourth-order valence-corrected chi connectivity index (χ4v) is 7.99. The van der Waals surface area contributed by atoms with Crippen LogP contribution >= 0.6 is 23.2 Å². The van der Waals surface area contributed by atoms with Crippen LogP contribution in [-0.2, 0) is 11.3 Å². The molecule has 5 fully saturated rings. The summed E-state index contributed by atoms with van der Waals surface area (Å²) in [5.41, 5.74) is 3.30. The molecule has 9 heteroatoms. The van der Waals surface area contributed by atoms with E-state index in [2.05, 4.69) is 63.1 Å². The molecule has 4 heterocycles. The number of aromatic nitrogens is 3. The molecule has 5 aliphatic rings. The Morgan fingerprint density at radius 1 is 0.978 bits per heavy atom. The second kappa shape index (κ2) is 11.6. The highest BCUT2D eigenvalue weighted by atomic mass is 35.5. The Hall–Kier alpha value is -3.15. The van der Waals surface area contributed by atoms with Crippen LogP contribution in [0, 0.1) is 17.3 Å². The molecule has 0 radical (unpaired) electrons. The monoisotopic (exact) mass is 641 g/mol. The number of hydrogen-bond acceptors (Lipinski definition) is 7. The molecule has 2 bridgehead atoms. The SMILES string of the molecule is CN1CCN(c2nccc3ccc(C#CC45CCC(OCc6c(-c7c(Cl)cncc7Cl)noc6C6CC6)(CC4)CC5)cc23)CC1. The lowest BCUT2D eigenvalue weighted by Gasteiger charge is -2.51. The van der Waals surface area contributed by atoms with Crippen LogP contribution in [0.3, 0.4) is 0 Å². The van der Waals surface area contributed by atoms with Gasteiger partial charge in [0.2, 0.25) is 0 Å². The third-order valence-corrected chi connectivity index (χ3v) is 11.2. The maximum absolute atomic E-state index is 6.83. The van der Waals surface area contributed by atoms with Gasteiger partial charge in [-0.1, -0.05) is 46.3 Å². The molecule has 1 aromatic carbocycles. The Bertz CT molecular complexity index is 1770. The Kier molecular flexibility index (Phi) is 7.53. The summed E-state index contributed by atoms with van der Waals surface area (Å²) in [6.07, 6.45) is 13.5. The Morgan fingerprint density at radius 2 is 1.71 bits per heavy atom. The van der Waals surface area contributed by atoms with Gasteiger partial charge < -0.3 is 19.1 Å². The summed E-state index contributed by atoms with van der Waals surface area (Å²) in [5, 5.41) is 7.78. The minimum Gasteiger partial charge on any atom is -0.370 e. The van der Waals surface area contributed by atoms with Gasteiger partial charge in [-0.05, 0) is 82.0 Å². The molecule has 7 nitrogen and oxygen atoms in total. The molecule has 1 aliphatic heterocycles. The molecule has 0 atom stereocenters. The summed E-state index contributed by atoms with van der Waals surface area (Å²) in [6, 6.07) is 8.70. The molecule has 3 aromatic heterocycles. The van der Waals surface area contributed by atoms with Gasteiger partial charge in [-0.3, -0.25) is 4.98 Å². The first-order valence-corrected chi connectivity index (χ1v) is 16.9. The number of likely N-dealkylation sites (N-methyl/N-ethyl adjacent to an activating group) is 1. The molecular formula is C36H37Cl2N5O2. The minimum atomic E-state index is -0.142. The van der Waals surface area contributed by atoms with E-state index in [1.54, 1.807) is 12.4 Å². The predicted molar refractivity (Wildman–Crippen MR) is 178 cm³/mol.